The summed E-state index contributed by atoms with van der Waals surface area (Å²) in [6.07, 6.45) is 3.82. The van der Waals surface area contributed by atoms with E-state index in [0.717, 1.165) is 17.1 Å². The zero-order valence-corrected chi connectivity index (χ0v) is 21.9. The summed E-state index contributed by atoms with van der Waals surface area (Å²) in [6.45, 7) is 0.353. The van der Waals surface area contributed by atoms with Crippen molar-refractivity contribution < 1.29 is 14.5 Å². The maximum Gasteiger partial charge on any atom is 0.269 e. The Bertz CT molecular complexity index is 1490. The first-order valence-corrected chi connectivity index (χ1v) is 12.7. The van der Waals surface area contributed by atoms with E-state index in [2.05, 4.69) is 15.6 Å². The van der Waals surface area contributed by atoms with Crippen LogP contribution in [0.1, 0.15) is 29.9 Å². The molecule has 2 atom stereocenters. The molecule has 0 spiro atoms. The third-order valence-electron chi connectivity index (χ3n) is 6.58. The quantitative estimate of drug-likeness (QED) is 0.176. The first kappa shape index (κ1) is 25.9. The third-order valence-corrected chi connectivity index (χ3v) is 6.93. The average Bonchev–Trinajstić information content (AvgIpc) is 3.57. The Balaban J connectivity index is 1.44. The number of carbonyl (C=O) groups excluding carboxylic acids is 1. The fraction of sp³-hybridized carbons (Fsp3) is 0.179. The molecule has 1 amide bonds. The minimum atomic E-state index is -0.422. The molecule has 198 valence electrons. The molecule has 0 aliphatic carbocycles. The second-order valence-electron chi connectivity index (χ2n) is 8.90. The Hall–Kier alpha value is -4.77. The number of para-hydroxylation sites is 2. The highest BCUT2D eigenvalue weighted by atomic mass is 32.1. The van der Waals surface area contributed by atoms with Crippen molar-refractivity contribution in [3.63, 3.8) is 0 Å². The van der Waals surface area contributed by atoms with Gasteiger partial charge in [0.2, 0.25) is 5.91 Å². The third kappa shape index (κ3) is 5.43. The van der Waals surface area contributed by atoms with Crippen molar-refractivity contribution in [1.82, 2.24) is 19.8 Å². The highest BCUT2D eigenvalue weighted by molar-refractivity contribution is 7.80. The molecule has 11 heteroatoms. The summed E-state index contributed by atoms with van der Waals surface area (Å²) in [7, 11) is 1.56. The predicted octanol–water partition coefficient (Wildman–Crippen LogP) is 4.79. The molecule has 5 rings (SSSR count). The van der Waals surface area contributed by atoms with Crippen LogP contribution in [0.5, 0.6) is 5.75 Å². The average molecular weight is 543 g/mol. The SMILES string of the molecule is COc1ccccc1NC(=O)CCN1C(=S)N[C@H](c2ccccn2)[C@@H]1c1cccn1-c1ccc([N+](=O)[O-])cc1. The van der Waals surface area contributed by atoms with E-state index in [1.165, 1.54) is 12.1 Å². The van der Waals surface area contributed by atoms with Crippen LogP contribution in [0.15, 0.2) is 91.3 Å². The Morgan fingerprint density at radius 2 is 1.87 bits per heavy atom. The van der Waals surface area contributed by atoms with E-state index >= 15 is 0 Å². The molecular formula is C28H26N6O4S. The monoisotopic (exact) mass is 542 g/mol. The molecule has 0 saturated carbocycles. The molecule has 2 aromatic heterocycles. The van der Waals surface area contributed by atoms with Gasteiger partial charge in [-0.05, 0) is 60.7 Å². The van der Waals surface area contributed by atoms with Crippen molar-refractivity contribution in [2.75, 3.05) is 19.0 Å². The van der Waals surface area contributed by atoms with Crippen LogP contribution in [0.2, 0.25) is 0 Å². The molecule has 2 N–H and O–H groups in total. The zero-order valence-electron chi connectivity index (χ0n) is 21.1. The van der Waals surface area contributed by atoms with Crippen LogP contribution in [0.25, 0.3) is 5.69 Å². The smallest absolute Gasteiger partial charge is 0.269 e. The number of amides is 1. The Kier molecular flexibility index (Phi) is 7.50. The summed E-state index contributed by atoms with van der Waals surface area (Å²) in [6, 6.07) is 22.7. The lowest BCUT2D eigenvalue weighted by molar-refractivity contribution is -0.384. The first-order valence-electron chi connectivity index (χ1n) is 12.3. The van der Waals surface area contributed by atoms with E-state index in [0.29, 0.717) is 23.1 Å². The number of hydrogen-bond acceptors (Lipinski definition) is 6. The number of nitrogens with one attached hydrogen (secondary N) is 2. The van der Waals surface area contributed by atoms with Crippen molar-refractivity contribution in [2.45, 2.75) is 18.5 Å². The number of pyridine rings is 1. The molecular weight excluding hydrogens is 516 g/mol. The van der Waals surface area contributed by atoms with Crippen molar-refractivity contribution in [1.29, 1.82) is 0 Å². The number of non-ortho nitro benzene ring substituents is 1. The lowest BCUT2D eigenvalue weighted by atomic mass is 10.0. The minimum Gasteiger partial charge on any atom is -0.495 e. The standard InChI is InChI=1S/C28H26N6O4S/c1-38-24-10-3-2-7-21(24)30-25(35)15-18-33-27(26(31-28(33)39)22-8-4-5-16-29-22)23-9-6-17-32(23)19-11-13-20(14-12-19)34(36)37/h2-14,16-17,26-27H,15,18H2,1H3,(H,30,35)(H,31,39)/t26-,27+/m1/s1. The summed E-state index contributed by atoms with van der Waals surface area (Å²) in [5.41, 5.74) is 3.10. The van der Waals surface area contributed by atoms with Gasteiger partial charge in [-0.1, -0.05) is 18.2 Å². The van der Waals surface area contributed by atoms with Crippen LogP contribution in [0, 0.1) is 10.1 Å². The number of hydrogen-bond donors (Lipinski definition) is 2. The second kappa shape index (κ2) is 11.3. The van der Waals surface area contributed by atoms with E-state index in [9.17, 15) is 14.9 Å². The molecule has 1 fully saturated rings. The molecule has 3 heterocycles. The molecule has 2 aromatic carbocycles. The summed E-state index contributed by atoms with van der Waals surface area (Å²) >= 11 is 5.75. The van der Waals surface area contributed by atoms with E-state index in [4.69, 9.17) is 17.0 Å². The molecule has 4 aromatic rings. The van der Waals surface area contributed by atoms with Crippen LogP contribution in [-0.2, 0) is 4.79 Å². The number of carbonyl (C=O) groups is 1. The summed E-state index contributed by atoms with van der Waals surface area (Å²) in [4.78, 5) is 30.2. The largest absolute Gasteiger partial charge is 0.495 e. The number of rotatable bonds is 9. The minimum absolute atomic E-state index is 0.0187. The van der Waals surface area contributed by atoms with Gasteiger partial charge in [0.25, 0.3) is 5.69 Å². The number of anilines is 1. The normalized spacial score (nSPS) is 16.5. The van der Waals surface area contributed by atoms with Gasteiger partial charge in [-0.15, -0.1) is 0 Å². The van der Waals surface area contributed by atoms with Gasteiger partial charge in [0, 0.05) is 48.9 Å². The number of aromatic nitrogens is 2. The number of nitrogens with zero attached hydrogens (tertiary/aromatic N) is 4. The molecule has 0 bridgehead atoms. The van der Waals surface area contributed by atoms with Crippen molar-refractivity contribution in [3.05, 3.63) is 113 Å². The number of methoxy groups -OCH3 is 1. The van der Waals surface area contributed by atoms with Gasteiger partial charge in [-0.2, -0.15) is 0 Å². The Morgan fingerprint density at radius 1 is 1.10 bits per heavy atom. The van der Waals surface area contributed by atoms with Crippen molar-refractivity contribution in [2.24, 2.45) is 0 Å². The molecule has 0 unspecified atom stereocenters. The van der Waals surface area contributed by atoms with Crippen LogP contribution in [0.4, 0.5) is 11.4 Å². The van der Waals surface area contributed by atoms with Gasteiger partial charge in [-0.25, -0.2) is 0 Å². The number of nitro benzene ring substituents is 1. The number of ether oxygens (including phenoxy) is 1. The summed E-state index contributed by atoms with van der Waals surface area (Å²) in [5.74, 6) is 0.409. The lowest BCUT2D eigenvalue weighted by Gasteiger charge is -2.29. The maximum absolute atomic E-state index is 12.9. The Labute approximate surface area is 230 Å². The fourth-order valence-electron chi connectivity index (χ4n) is 4.76. The fourth-order valence-corrected chi connectivity index (χ4v) is 5.09. The number of thiocarbonyl (C=S) groups is 1. The molecule has 1 aliphatic heterocycles. The zero-order chi connectivity index (χ0) is 27.4. The molecule has 39 heavy (non-hydrogen) atoms. The van der Waals surface area contributed by atoms with E-state index in [1.807, 2.05) is 58.1 Å². The summed E-state index contributed by atoms with van der Waals surface area (Å²) in [5, 5.41) is 18.0. The van der Waals surface area contributed by atoms with Crippen LogP contribution < -0.4 is 15.4 Å². The lowest BCUT2D eigenvalue weighted by Crippen LogP contribution is -2.33. The molecule has 10 nitrogen and oxygen atoms in total. The summed E-state index contributed by atoms with van der Waals surface area (Å²) < 4.78 is 7.32. The van der Waals surface area contributed by atoms with Crippen LogP contribution in [-0.4, -0.2) is 44.0 Å². The first-order chi connectivity index (χ1) is 19.0. The van der Waals surface area contributed by atoms with Gasteiger partial charge in [0.1, 0.15) is 5.75 Å². The topological polar surface area (TPSA) is 115 Å². The van der Waals surface area contributed by atoms with Gasteiger partial charge < -0.3 is 24.8 Å². The number of benzene rings is 2. The highest BCUT2D eigenvalue weighted by Crippen LogP contribution is 2.39. The Morgan fingerprint density at radius 3 is 2.59 bits per heavy atom. The van der Waals surface area contributed by atoms with Gasteiger partial charge in [0.05, 0.1) is 35.5 Å². The van der Waals surface area contributed by atoms with Crippen LogP contribution in [0.3, 0.4) is 0 Å². The van der Waals surface area contributed by atoms with E-state index in [1.54, 1.807) is 37.6 Å². The van der Waals surface area contributed by atoms with Crippen molar-refractivity contribution >= 4 is 34.6 Å². The highest BCUT2D eigenvalue weighted by Gasteiger charge is 2.41. The maximum atomic E-state index is 12.9. The molecule has 0 radical (unpaired) electrons. The van der Waals surface area contributed by atoms with E-state index < -0.39 is 4.92 Å². The molecule has 1 saturated heterocycles. The van der Waals surface area contributed by atoms with Crippen molar-refractivity contribution in [3.8, 4) is 11.4 Å². The van der Waals surface area contributed by atoms with Gasteiger partial charge >= 0.3 is 0 Å². The molecule has 1 aliphatic rings. The van der Waals surface area contributed by atoms with Gasteiger partial charge in [0.15, 0.2) is 5.11 Å². The predicted molar refractivity (Wildman–Crippen MR) is 151 cm³/mol. The van der Waals surface area contributed by atoms with Gasteiger partial charge in [-0.3, -0.25) is 19.9 Å². The van der Waals surface area contributed by atoms with Crippen LogP contribution >= 0.6 is 12.2 Å². The number of nitro groups is 1. The second-order valence-corrected chi connectivity index (χ2v) is 9.28. The van der Waals surface area contributed by atoms with E-state index in [-0.39, 0.29) is 30.1 Å².